The molecule has 2 unspecified atom stereocenters. The van der Waals surface area contributed by atoms with Gasteiger partial charge in [-0.05, 0) is 110 Å². The zero-order valence-corrected chi connectivity index (χ0v) is 23.1. The molecule has 6 aliphatic rings. The number of carbonyl (C=O) groups is 2. The van der Waals surface area contributed by atoms with E-state index in [0.29, 0.717) is 18.3 Å². The van der Waals surface area contributed by atoms with Gasteiger partial charge in [0.2, 0.25) is 0 Å². The molecule has 202 valence electrons. The SMILES string of the molecule is CC1(C)NC(=O)N(C2CCC3=CC4=CC[C@]5(C)C(c6ccc7ccncc7c6)CC[C@H]5[C@@]45CC[C@]3(C2)O5)C1=O. The number of aromatic nitrogens is 1. The lowest BCUT2D eigenvalue weighted by molar-refractivity contribution is -0.145. The minimum Gasteiger partial charge on any atom is -0.359 e. The van der Waals surface area contributed by atoms with Crippen molar-refractivity contribution in [2.75, 3.05) is 0 Å². The second-order valence-corrected chi connectivity index (χ2v) is 13.8. The van der Waals surface area contributed by atoms with Crippen LogP contribution in [-0.2, 0) is 9.53 Å². The molecule has 4 fully saturated rings. The van der Waals surface area contributed by atoms with Crippen LogP contribution in [0, 0.1) is 11.3 Å². The average Bonchev–Trinajstić information content (AvgIpc) is 3.49. The highest BCUT2D eigenvalue weighted by Crippen LogP contribution is 2.69. The van der Waals surface area contributed by atoms with Crippen LogP contribution in [0.15, 0.2) is 60.0 Å². The van der Waals surface area contributed by atoms with Gasteiger partial charge >= 0.3 is 6.03 Å². The number of rotatable bonds is 2. The van der Waals surface area contributed by atoms with Crippen LogP contribution < -0.4 is 5.32 Å². The molecule has 2 aromatic rings. The predicted molar refractivity (Wildman–Crippen MR) is 149 cm³/mol. The molecule has 2 saturated carbocycles. The Morgan fingerprint density at radius 3 is 2.74 bits per heavy atom. The van der Waals surface area contributed by atoms with E-state index in [-0.39, 0.29) is 34.6 Å². The number of benzene rings is 1. The number of ether oxygens (including phenoxy) is 1. The Hall–Kier alpha value is -2.99. The summed E-state index contributed by atoms with van der Waals surface area (Å²) >= 11 is 0. The Labute approximate surface area is 229 Å². The summed E-state index contributed by atoms with van der Waals surface area (Å²) in [5, 5.41) is 5.34. The highest BCUT2D eigenvalue weighted by atomic mass is 16.5. The summed E-state index contributed by atoms with van der Waals surface area (Å²) < 4.78 is 7.41. The van der Waals surface area contributed by atoms with Crippen molar-refractivity contribution in [3.05, 3.63) is 65.5 Å². The fourth-order valence-electron chi connectivity index (χ4n) is 9.58. The second-order valence-electron chi connectivity index (χ2n) is 13.8. The molecule has 0 radical (unpaired) electrons. The second kappa shape index (κ2) is 7.60. The van der Waals surface area contributed by atoms with Gasteiger partial charge in [-0.2, -0.15) is 0 Å². The monoisotopic (exact) mass is 523 g/mol. The molecule has 6 atom stereocenters. The fourth-order valence-corrected chi connectivity index (χ4v) is 9.58. The predicted octanol–water partition coefficient (Wildman–Crippen LogP) is 6.18. The first-order valence-electron chi connectivity index (χ1n) is 14.8. The van der Waals surface area contributed by atoms with Gasteiger partial charge in [0.1, 0.15) is 5.54 Å². The van der Waals surface area contributed by atoms with Crippen molar-refractivity contribution in [3.63, 3.8) is 0 Å². The number of nitrogens with zero attached hydrogens (tertiary/aromatic N) is 2. The van der Waals surface area contributed by atoms with E-state index in [9.17, 15) is 9.59 Å². The maximum atomic E-state index is 13.1. The van der Waals surface area contributed by atoms with E-state index >= 15 is 0 Å². The Bertz CT molecular complexity index is 1510. The number of carbonyl (C=O) groups excluding carboxylic acids is 2. The topological polar surface area (TPSA) is 71.5 Å². The number of amides is 3. The minimum absolute atomic E-state index is 0.111. The Kier molecular flexibility index (Phi) is 4.65. The van der Waals surface area contributed by atoms with Gasteiger partial charge < -0.3 is 10.1 Å². The summed E-state index contributed by atoms with van der Waals surface area (Å²) in [7, 11) is 0. The van der Waals surface area contributed by atoms with E-state index in [2.05, 4.69) is 53.6 Å². The number of pyridine rings is 1. The lowest BCUT2D eigenvalue weighted by Crippen LogP contribution is -2.56. The average molecular weight is 524 g/mol. The van der Waals surface area contributed by atoms with Gasteiger partial charge in [-0.15, -0.1) is 0 Å². The smallest absolute Gasteiger partial charge is 0.325 e. The summed E-state index contributed by atoms with van der Waals surface area (Å²) in [6, 6.07) is 8.66. The normalized spacial score (nSPS) is 40.1. The van der Waals surface area contributed by atoms with Crippen molar-refractivity contribution in [2.45, 2.75) is 101 Å². The van der Waals surface area contributed by atoms with Crippen molar-refractivity contribution in [1.29, 1.82) is 0 Å². The summed E-state index contributed by atoms with van der Waals surface area (Å²) in [4.78, 5) is 31.9. The molecular weight excluding hydrogens is 486 g/mol. The van der Waals surface area contributed by atoms with Crippen molar-refractivity contribution in [3.8, 4) is 0 Å². The lowest BCUT2D eigenvalue weighted by atomic mass is 9.58. The zero-order chi connectivity index (χ0) is 26.8. The molecule has 3 amide bonds. The van der Waals surface area contributed by atoms with Gasteiger partial charge in [-0.3, -0.25) is 14.7 Å². The highest BCUT2D eigenvalue weighted by Gasteiger charge is 2.67. The first-order valence-corrected chi connectivity index (χ1v) is 14.8. The molecule has 6 nitrogen and oxygen atoms in total. The van der Waals surface area contributed by atoms with Crippen molar-refractivity contribution >= 4 is 22.7 Å². The molecule has 4 heterocycles. The van der Waals surface area contributed by atoms with Crippen LogP contribution in [0.5, 0.6) is 0 Å². The quantitative estimate of drug-likeness (QED) is 0.478. The minimum atomic E-state index is -0.839. The third-order valence-corrected chi connectivity index (χ3v) is 11.5. The van der Waals surface area contributed by atoms with Crippen LogP contribution in [0.3, 0.4) is 0 Å². The number of fused-ring (bicyclic) bond motifs is 2. The Balaban J connectivity index is 1.13. The fraction of sp³-hybridized carbons (Fsp3) is 0.545. The zero-order valence-electron chi connectivity index (χ0n) is 23.1. The van der Waals surface area contributed by atoms with Crippen LogP contribution in [0.1, 0.15) is 83.6 Å². The van der Waals surface area contributed by atoms with Crippen LogP contribution in [-0.4, -0.2) is 44.6 Å². The van der Waals surface area contributed by atoms with E-state index in [1.165, 1.54) is 38.8 Å². The molecule has 39 heavy (non-hydrogen) atoms. The van der Waals surface area contributed by atoms with Gasteiger partial charge in [-0.1, -0.05) is 31.2 Å². The van der Waals surface area contributed by atoms with Crippen LogP contribution in [0.25, 0.3) is 10.8 Å². The first kappa shape index (κ1) is 23.9. The molecule has 2 spiro atoms. The van der Waals surface area contributed by atoms with Gasteiger partial charge in [0.15, 0.2) is 0 Å². The van der Waals surface area contributed by atoms with E-state index in [1.807, 2.05) is 12.4 Å². The molecule has 2 saturated heterocycles. The van der Waals surface area contributed by atoms with Crippen LogP contribution in [0.2, 0.25) is 0 Å². The van der Waals surface area contributed by atoms with Gasteiger partial charge in [-0.25, -0.2) is 4.79 Å². The van der Waals surface area contributed by atoms with Crippen molar-refractivity contribution < 1.29 is 14.3 Å². The summed E-state index contributed by atoms with van der Waals surface area (Å²) in [5.41, 5.74) is 2.86. The first-order chi connectivity index (χ1) is 18.7. The maximum Gasteiger partial charge on any atom is 0.325 e. The van der Waals surface area contributed by atoms with Crippen molar-refractivity contribution in [1.82, 2.24) is 15.2 Å². The molecule has 3 aliphatic heterocycles. The van der Waals surface area contributed by atoms with Crippen molar-refractivity contribution in [2.24, 2.45) is 11.3 Å². The number of urea groups is 1. The molecule has 1 N–H and O–H groups in total. The third kappa shape index (κ3) is 3.04. The standard InChI is InChI=1S/C33H37N3O3/c1-30(2)28(37)36(29(38)35-30)25-7-6-23-17-24-10-12-31(3)26(21-5-4-20-11-15-34-19-22(20)16-21)8-9-27(31)33(24)14-13-32(23,18-25)39-33/h4-5,10-11,15-17,19,25-27H,6-9,12-14,18H2,1-3H3,(H,35,38)/t25?,26?,27-,31-,32-,33-/m1/s1. The summed E-state index contributed by atoms with van der Waals surface area (Å²) in [5.74, 6) is 0.824. The summed E-state index contributed by atoms with van der Waals surface area (Å²) in [6.45, 7) is 6.09. The Morgan fingerprint density at radius 2 is 1.92 bits per heavy atom. The van der Waals surface area contributed by atoms with E-state index in [4.69, 9.17) is 4.74 Å². The van der Waals surface area contributed by atoms with E-state index in [0.717, 1.165) is 38.5 Å². The maximum absolute atomic E-state index is 13.1. The number of hydrogen-bond acceptors (Lipinski definition) is 4. The summed E-state index contributed by atoms with van der Waals surface area (Å²) in [6.07, 6.45) is 16.6. The molecule has 8 rings (SSSR count). The van der Waals surface area contributed by atoms with Crippen LogP contribution in [0.4, 0.5) is 4.79 Å². The largest absolute Gasteiger partial charge is 0.359 e. The number of imide groups is 1. The Morgan fingerprint density at radius 1 is 1.05 bits per heavy atom. The molecule has 1 aromatic carbocycles. The van der Waals surface area contributed by atoms with Gasteiger partial charge in [0.05, 0.1) is 11.2 Å². The highest BCUT2D eigenvalue weighted by molar-refractivity contribution is 6.06. The van der Waals surface area contributed by atoms with E-state index < -0.39 is 5.54 Å². The molecule has 1 aromatic heterocycles. The molecular formula is C33H37N3O3. The third-order valence-electron chi connectivity index (χ3n) is 11.5. The number of allylic oxidation sites excluding steroid dienone is 1. The molecule has 6 heteroatoms. The molecule has 3 aliphatic carbocycles. The van der Waals surface area contributed by atoms with Crippen LogP contribution >= 0.6 is 0 Å². The number of nitrogens with one attached hydrogen (secondary N) is 1. The van der Waals surface area contributed by atoms with Gasteiger partial charge in [0.25, 0.3) is 5.91 Å². The van der Waals surface area contributed by atoms with Gasteiger partial charge in [0, 0.05) is 30.2 Å². The van der Waals surface area contributed by atoms with E-state index in [1.54, 1.807) is 13.8 Å². The molecule has 2 bridgehead atoms. The lowest BCUT2D eigenvalue weighted by Gasteiger charge is -2.54. The number of hydrogen-bond donors (Lipinski definition) is 1.